The Hall–Kier alpha value is -1.86. The number of nitrogens with zero attached hydrogens (tertiary/aromatic N) is 5. The lowest BCUT2D eigenvalue weighted by molar-refractivity contribution is 0.788. The third-order valence-corrected chi connectivity index (χ3v) is 3.99. The standard InChI is InChI=1S/C12H10ClN5OS/c1-17-7-14-16-12(17)20-6-9-4-11(19)18-5-8(13)2-3-10(18)15-9/h2-5,7H,6H2,1H3. The number of pyridine rings is 1. The van der Waals surface area contributed by atoms with Gasteiger partial charge < -0.3 is 4.57 Å². The van der Waals surface area contributed by atoms with Gasteiger partial charge in [0.1, 0.15) is 12.0 Å². The highest BCUT2D eigenvalue weighted by Gasteiger charge is 2.06. The van der Waals surface area contributed by atoms with E-state index in [1.165, 1.54) is 22.2 Å². The van der Waals surface area contributed by atoms with Crippen LogP contribution in [-0.2, 0) is 12.8 Å². The number of aryl methyl sites for hydroxylation is 1. The summed E-state index contributed by atoms with van der Waals surface area (Å²) in [4.78, 5) is 16.4. The third kappa shape index (κ3) is 2.54. The van der Waals surface area contributed by atoms with E-state index in [-0.39, 0.29) is 5.56 Å². The maximum absolute atomic E-state index is 12.0. The first-order valence-electron chi connectivity index (χ1n) is 5.78. The molecule has 20 heavy (non-hydrogen) atoms. The van der Waals surface area contributed by atoms with E-state index in [1.54, 1.807) is 24.7 Å². The van der Waals surface area contributed by atoms with Gasteiger partial charge in [0.2, 0.25) is 0 Å². The van der Waals surface area contributed by atoms with Crippen molar-refractivity contribution in [3.05, 3.63) is 51.8 Å². The maximum atomic E-state index is 12.0. The quantitative estimate of drug-likeness (QED) is 0.690. The Labute approximate surface area is 123 Å². The van der Waals surface area contributed by atoms with Crippen LogP contribution in [0.25, 0.3) is 5.65 Å². The van der Waals surface area contributed by atoms with Gasteiger partial charge in [0.15, 0.2) is 5.16 Å². The second-order valence-electron chi connectivity index (χ2n) is 4.17. The van der Waals surface area contributed by atoms with Crippen molar-refractivity contribution in [1.82, 2.24) is 24.1 Å². The lowest BCUT2D eigenvalue weighted by atomic mass is 10.4. The van der Waals surface area contributed by atoms with Gasteiger partial charge >= 0.3 is 0 Å². The summed E-state index contributed by atoms with van der Waals surface area (Å²) >= 11 is 7.35. The largest absolute Gasteiger partial charge is 0.312 e. The average molecular weight is 308 g/mol. The van der Waals surface area contributed by atoms with Crippen LogP contribution < -0.4 is 5.56 Å². The molecule has 0 bridgehead atoms. The fraction of sp³-hybridized carbons (Fsp3) is 0.167. The van der Waals surface area contributed by atoms with Crippen LogP contribution >= 0.6 is 23.4 Å². The molecule has 0 amide bonds. The van der Waals surface area contributed by atoms with Crippen LogP contribution in [0.1, 0.15) is 5.69 Å². The molecule has 0 fully saturated rings. The zero-order chi connectivity index (χ0) is 14.1. The fourth-order valence-electron chi connectivity index (χ4n) is 1.74. The predicted octanol–water partition coefficient (Wildman–Crippen LogP) is 1.77. The Bertz CT molecular complexity index is 828. The molecule has 3 heterocycles. The van der Waals surface area contributed by atoms with E-state index in [2.05, 4.69) is 15.2 Å². The number of hydrogen-bond donors (Lipinski definition) is 0. The van der Waals surface area contributed by atoms with Crippen molar-refractivity contribution in [3.8, 4) is 0 Å². The molecule has 3 rings (SSSR count). The Kier molecular flexibility index (Phi) is 3.45. The van der Waals surface area contributed by atoms with Crippen LogP contribution in [-0.4, -0.2) is 24.1 Å². The van der Waals surface area contributed by atoms with Crippen LogP contribution in [0.15, 0.2) is 40.7 Å². The molecule has 8 heteroatoms. The molecule has 0 radical (unpaired) electrons. The minimum atomic E-state index is -0.147. The number of rotatable bonds is 3. The zero-order valence-electron chi connectivity index (χ0n) is 10.5. The van der Waals surface area contributed by atoms with E-state index >= 15 is 0 Å². The van der Waals surface area contributed by atoms with Gasteiger partial charge in [-0.25, -0.2) is 4.98 Å². The molecule has 0 aliphatic carbocycles. The van der Waals surface area contributed by atoms with Gasteiger partial charge in [-0.15, -0.1) is 10.2 Å². The van der Waals surface area contributed by atoms with Crippen molar-refractivity contribution < 1.29 is 0 Å². The summed E-state index contributed by atoms with van der Waals surface area (Å²) in [5.74, 6) is 0.556. The first-order valence-corrected chi connectivity index (χ1v) is 7.14. The summed E-state index contributed by atoms with van der Waals surface area (Å²) in [6, 6.07) is 4.94. The van der Waals surface area contributed by atoms with E-state index in [1.807, 2.05) is 11.6 Å². The van der Waals surface area contributed by atoms with Crippen molar-refractivity contribution in [2.45, 2.75) is 10.9 Å². The number of fused-ring (bicyclic) bond motifs is 1. The van der Waals surface area contributed by atoms with Crippen molar-refractivity contribution in [2.75, 3.05) is 0 Å². The van der Waals surface area contributed by atoms with Crippen molar-refractivity contribution in [3.63, 3.8) is 0 Å². The first-order chi connectivity index (χ1) is 9.63. The summed E-state index contributed by atoms with van der Waals surface area (Å²) in [5.41, 5.74) is 1.13. The Morgan fingerprint density at radius 3 is 3.00 bits per heavy atom. The summed E-state index contributed by atoms with van der Waals surface area (Å²) < 4.78 is 3.25. The molecule has 0 atom stereocenters. The maximum Gasteiger partial charge on any atom is 0.258 e. The van der Waals surface area contributed by atoms with Crippen LogP contribution in [0.5, 0.6) is 0 Å². The number of halogens is 1. The smallest absolute Gasteiger partial charge is 0.258 e. The van der Waals surface area contributed by atoms with E-state index in [9.17, 15) is 4.79 Å². The summed E-state index contributed by atoms with van der Waals surface area (Å²) in [5, 5.41) is 9.06. The van der Waals surface area contributed by atoms with Gasteiger partial charge in [-0.3, -0.25) is 9.20 Å². The fourth-order valence-corrected chi connectivity index (χ4v) is 2.68. The lowest BCUT2D eigenvalue weighted by Gasteiger charge is -2.04. The Morgan fingerprint density at radius 1 is 1.40 bits per heavy atom. The lowest BCUT2D eigenvalue weighted by Crippen LogP contribution is -2.15. The highest BCUT2D eigenvalue weighted by Crippen LogP contribution is 2.18. The van der Waals surface area contributed by atoms with Crippen LogP contribution in [0.2, 0.25) is 5.02 Å². The normalized spacial score (nSPS) is 11.1. The molecular weight excluding hydrogens is 298 g/mol. The van der Waals surface area contributed by atoms with Crippen molar-refractivity contribution in [1.29, 1.82) is 0 Å². The molecule has 0 aromatic carbocycles. The van der Waals surface area contributed by atoms with E-state index in [0.717, 1.165) is 5.16 Å². The summed E-state index contributed by atoms with van der Waals surface area (Å²) in [6.45, 7) is 0. The average Bonchev–Trinajstić information content (AvgIpc) is 2.83. The van der Waals surface area contributed by atoms with Crippen LogP contribution in [0.3, 0.4) is 0 Å². The van der Waals surface area contributed by atoms with Gasteiger partial charge in [0, 0.05) is 25.1 Å². The molecule has 0 aliphatic rings. The van der Waals surface area contributed by atoms with Crippen molar-refractivity contribution >= 4 is 29.0 Å². The highest BCUT2D eigenvalue weighted by atomic mass is 35.5. The summed E-state index contributed by atoms with van der Waals surface area (Å²) in [6.07, 6.45) is 3.19. The topological polar surface area (TPSA) is 65.1 Å². The predicted molar refractivity (Wildman–Crippen MR) is 77.0 cm³/mol. The van der Waals surface area contributed by atoms with E-state index in [0.29, 0.717) is 22.1 Å². The van der Waals surface area contributed by atoms with Gasteiger partial charge in [-0.1, -0.05) is 23.4 Å². The molecule has 0 N–H and O–H groups in total. The molecule has 0 saturated heterocycles. The van der Waals surface area contributed by atoms with Crippen LogP contribution in [0.4, 0.5) is 0 Å². The minimum absolute atomic E-state index is 0.147. The highest BCUT2D eigenvalue weighted by molar-refractivity contribution is 7.98. The molecule has 3 aromatic heterocycles. The Balaban J connectivity index is 1.91. The van der Waals surface area contributed by atoms with Crippen molar-refractivity contribution in [2.24, 2.45) is 7.05 Å². The van der Waals surface area contributed by atoms with E-state index < -0.39 is 0 Å². The third-order valence-electron chi connectivity index (χ3n) is 2.70. The van der Waals surface area contributed by atoms with Gasteiger partial charge in [0.05, 0.1) is 10.7 Å². The minimum Gasteiger partial charge on any atom is -0.312 e. The number of aromatic nitrogens is 5. The second-order valence-corrected chi connectivity index (χ2v) is 5.55. The SMILES string of the molecule is Cn1cnnc1SCc1cc(=O)n2cc(Cl)ccc2n1. The molecule has 0 aliphatic heterocycles. The second kappa shape index (κ2) is 5.26. The number of thioether (sulfide) groups is 1. The van der Waals surface area contributed by atoms with Crippen LogP contribution in [0, 0.1) is 0 Å². The zero-order valence-corrected chi connectivity index (χ0v) is 12.1. The molecular formula is C12H10ClN5OS. The molecule has 0 unspecified atom stereocenters. The molecule has 102 valence electrons. The summed E-state index contributed by atoms with van der Waals surface area (Å²) in [7, 11) is 1.87. The van der Waals surface area contributed by atoms with Gasteiger partial charge in [-0.05, 0) is 12.1 Å². The van der Waals surface area contributed by atoms with Gasteiger partial charge in [-0.2, -0.15) is 0 Å². The monoisotopic (exact) mass is 307 g/mol. The molecule has 0 spiro atoms. The van der Waals surface area contributed by atoms with Gasteiger partial charge in [0.25, 0.3) is 5.56 Å². The van der Waals surface area contributed by atoms with E-state index in [4.69, 9.17) is 11.6 Å². The Morgan fingerprint density at radius 2 is 2.25 bits per heavy atom. The molecule has 6 nitrogen and oxygen atoms in total. The molecule has 3 aromatic rings. The molecule has 0 saturated carbocycles. The first kappa shape index (κ1) is 13.1. The number of hydrogen-bond acceptors (Lipinski definition) is 5.